The lowest BCUT2D eigenvalue weighted by molar-refractivity contribution is 0.459. The normalized spacial score (nSPS) is 12.4. The number of nitrogens with one attached hydrogen (secondary N) is 1. The highest BCUT2D eigenvalue weighted by Gasteiger charge is 2.15. The third-order valence-electron chi connectivity index (χ3n) is 3.45. The van der Waals surface area contributed by atoms with E-state index >= 15 is 0 Å². The van der Waals surface area contributed by atoms with Crippen LogP contribution in [0.5, 0.6) is 0 Å². The van der Waals surface area contributed by atoms with E-state index in [9.17, 15) is 8.78 Å². The molecule has 0 spiro atoms. The van der Waals surface area contributed by atoms with E-state index in [2.05, 4.69) is 33.4 Å². The van der Waals surface area contributed by atoms with Gasteiger partial charge in [-0.15, -0.1) is 0 Å². The van der Waals surface area contributed by atoms with E-state index in [4.69, 9.17) is 0 Å². The maximum Gasteiger partial charge on any atom is 0.162 e. The summed E-state index contributed by atoms with van der Waals surface area (Å²) in [5, 5.41) is 3.13. The van der Waals surface area contributed by atoms with Crippen molar-refractivity contribution in [2.24, 2.45) is 5.92 Å². The summed E-state index contributed by atoms with van der Waals surface area (Å²) in [4.78, 5) is 0. The molecule has 2 rings (SSSR count). The Labute approximate surface area is 132 Å². The largest absolute Gasteiger partial charge is 0.319 e. The van der Waals surface area contributed by atoms with Crippen molar-refractivity contribution >= 4 is 15.9 Å². The zero-order valence-corrected chi connectivity index (χ0v) is 13.5. The van der Waals surface area contributed by atoms with Crippen molar-refractivity contribution in [3.63, 3.8) is 0 Å². The van der Waals surface area contributed by atoms with Gasteiger partial charge >= 0.3 is 0 Å². The fraction of sp³-hybridized carbons (Fsp3) is 0.294. The Morgan fingerprint density at radius 1 is 1.10 bits per heavy atom. The van der Waals surface area contributed by atoms with Gasteiger partial charge < -0.3 is 5.32 Å². The minimum atomic E-state index is -0.779. The van der Waals surface area contributed by atoms with Crippen LogP contribution in [-0.4, -0.2) is 13.6 Å². The fourth-order valence-electron chi connectivity index (χ4n) is 2.52. The van der Waals surface area contributed by atoms with E-state index in [-0.39, 0.29) is 5.92 Å². The highest BCUT2D eigenvalue weighted by Crippen LogP contribution is 2.20. The first-order chi connectivity index (χ1) is 10.1. The van der Waals surface area contributed by atoms with Gasteiger partial charge in [-0.05, 0) is 61.7 Å². The summed E-state index contributed by atoms with van der Waals surface area (Å²) in [5.41, 5.74) is 1.62. The van der Waals surface area contributed by atoms with Gasteiger partial charge in [0.2, 0.25) is 0 Å². The molecule has 2 aromatic rings. The Morgan fingerprint density at radius 3 is 2.57 bits per heavy atom. The summed E-state index contributed by atoms with van der Waals surface area (Å²) < 4.78 is 28.1. The van der Waals surface area contributed by atoms with E-state index in [1.807, 2.05) is 19.2 Å². The molecule has 4 heteroatoms. The van der Waals surface area contributed by atoms with E-state index in [1.54, 1.807) is 12.1 Å². The lowest BCUT2D eigenvalue weighted by Crippen LogP contribution is -2.23. The van der Waals surface area contributed by atoms with Crippen LogP contribution in [-0.2, 0) is 12.8 Å². The van der Waals surface area contributed by atoms with Crippen LogP contribution in [0.15, 0.2) is 46.9 Å². The Kier molecular flexibility index (Phi) is 5.88. The number of hydrogen-bond donors (Lipinski definition) is 1. The summed E-state index contributed by atoms with van der Waals surface area (Å²) in [6, 6.07) is 12.4. The molecule has 0 saturated carbocycles. The molecule has 21 heavy (non-hydrogen) atoms. The fourth-order valence-corrected chi connectivity index (χ4v) is 2.97. The molecule has 0 aliphatic rings. The zero-order chi connectivity index (χ0) is 15.2. The van der Waals surface area contributed by atoms with Gasteiger partial charge in [0, 0.05) is 4.47 Å². The van der Waals surface area contributed by atoms with Gasteiger partial charge in [0.05, 0.1) is 0 Å². The second kappa shape index (κ2) is 7.66. The van der Waals surface area contributed by atoms with Crippen LogP contribution in [0.1, 0.15) is 11.1 Å². The van der Waals surface area contributed by atoms with E-state index in [1.165, 1.54) is 5.56 Å². The average molecular weight is 354 g/mol. The van der Waals surface area contributed by atoms with Crippen molar-refractivity contribution in [2.75, 3.05) is 13.6 Å². The van der Waals surface area contributed by atoms with Crippen LogP contribution in [0.25, 0.3) is 0 Å². The van der Waals surface area contributed by atoms with Crippen LogP contribution < -0.4 is 5.32 Å². The van der Waals surface area contributed by atoms with Gasteiger partial charge in [0.1, 0.15) is 0 Å². The van der Waals surface area contributed by atoms with Crippen molar-refractivity contribution < 1.29 is 8.78 Å². The van der Waals surface area contributed by atoms with E-state index < -0.39 is 11.6 Å². The SMILES string of the molecule is CNCC(Cc1cccc(Br)c1)Cc1cccc(F)c1F. The second-order valence-corrected chi connectivity index (χ2v) is 6.09. The third-order valence-corrected chi connectivity index (χ3v) is 3.94. The Morgan fingerprint density at radius 2 is 1.86 bits per heavy atom. The molecule has 0 aromatic heterocycles. The minimum Gasteiger partial charge on any atom is -0.319 e. The van der Waals surface area contributed by atoms with Crippen molar-refractivity contribution in [3.8, 4) is 0 Å². The van der Waals surface area contributed by atoms with Crippen LogP contribution in [0.2, 0.25) is 0 Å². The van der Waals surface area contributed by atoms with Crippen molar-refractivity contribution in [1.82, 2.24) is 5.32 Å². The lowest BCUT2D eigenvalue weighted by atomic mass is 9.92. The maximum absolute atomic E-state index is 13.8. The minimum absolute atomic E-state index is 0.209. The van der Waals surface area contributed by atoms with Crippen LogP contribution in [0, 0.1) is 17.6 Å². The number of hydrogen-bond acceptors (Lipinski definition) is 1. The van der Waals surface area contributed by atoms with Gasteiger partial charge in [0.15, 0.2) is 11.6 Å². The van der Waals surface area contributed by atoms with E-state index in [0.29, 0.717) is 12.0 Å². The molecule has 1 unspecified atom stereocenters. The van der Waals surface area contributed by atoms with Crippen molar-refractivity contribution in [3.05, 3.63) is 69.7 Å². The lowest BCUT2D eigenvalue weighted by Gasteiger charge is -2.17. The molecule has 1 nitrogen and oxygen atoms in total. The highest BCUT2D eigenvalue weighted by atomic mass is 79.9. The molecule has 0 fully saturated rings. The Balaban J connectivity index is 2.13. The van der Waals surface area contributed by atoms with Gasteiger partial charge in [0.25, 0.3) is 0 Å². The monoisotopic (exact) mass is 353 g/mol. The number of halogens is 3. The van der Waals surface area contributed by atoms with Crippen LogP contribution in [0.3, 0.4) is 0 Å². The zero-order valence-electron chi connectivity index (χ0n) is 11.9. The van der Waals surface area contributed by atoms with Gasteiger partial charge in [-0.3, -0.25) is 0 Å². The Hall–Kier alpha value is -1.26. The molecular formula is C17H18BrF2N. The molecule has 1 N–H and O–H groups in total. The average Bonchev–Trinajstić information content (AvgIpc) is 2.44. The smallest absolute Gasteiger partial charge is 0.162 e. The molecule has 0 aliphatic carbocycles. The predicted octanol–water partition coefficient (Wildman–Crippen LogP) is 4.35. The third kappa shape index (κ3) is 4.61. The summed E-state index contributed by atoms with van der Waals surface area (Å²) in [5.74, 6) is -1.30. The molecule has 0 radical (unpaired) electrons. The quantitative estimate of drug-likeness (QED) is 0.813. The summed E-state index contributed by atoms with van der Waals surface area (Å²) in [7, 11) is 1.87. The maximum atomic E-state index is 13.8. The molecule has 112 valence electrons. The van der Waals surface area contributed by atoms with E-state index in [0.717, 1.165) is 23.5 Å². The summed E-state index contributed by atoms with van der Waals surface area (Å²) in [6.07, 6.45) is 1.33. The molecule has 0 saturated heterocycles. The number of benzene rings is 2. The molecule has 2 aromatic carbocycles. The second-order valence-electron chi connectivity index (χ2n) is 5.17. The van der Waals surface area contributed by atoms with Gasteiger partial charge in [-0.2, -0.15) is 0 Å². The first-order valence-electron chi connectivity index (χ1n) is 6.92. The van der Waals surface area contributed by atoms with Gasteiger partial charge in [-0.1, -0.05) is 40.2 Å². The number of rotatable bonds is 6. The summed E-state index contributed by atoms with van der Waals surface area (Å²) in [6.45, 7) is 0.752. The van der Waals surface area contributed by atoms with Crippen LogP contribution >= 0.6 is 15.9 Å². The van der Waals surface area contributed by atoms with Gasteiger partial charge in [-0.25, -0.2) is 8.78 Å². The molecule has 0 bridgehead atoms. The topological polar surface area (TPSA) is 12.0 Å². The first kappa shape index (κ1) is 16.1. The Bertz CT molecular complexity index is 601. The van der Waals surface area contributed by atoms with Crippen molar-refractivity contribution in [1.29, 1.82) is 0 Å². The molecule has 0 aliphatic heterocycles. The predicted molar refractivity (Wildman–Crippen MR) is 85.3 cm³/mol. The molecule has 0 heterocycles. The molecule has 0 amide bonds. The highest BCUT2D eigenvalue weighted by molar-refractivity contribution is 9.10. The molecule has 1 atom stereocenters. The van der Waals surface area contributed by atoms with Crippen LogP contribution in [0.4, 0.5) is 8.78 Å². The standard InChI is InChI=1S/C17H18BrF2N/c1-21-11-13(8-12-4-2-6-15(18)10-12)9-14-5-3-7-16(19)17(14)20/h2-7,10,13,21H,8-9,11H2,1H3. The van der Waals surface area contributed by atoms with Crippen molar-refractivity contribution in [2.45, 2.75) is 12.8 Å². The molecular weight excluding hydrogens is 336 g/mol. The summed E-state index contributed by atoms with van der Waals surface area (Å²) >= 11 is 3.45. The first-order valence-corrected chi connectivity index (χ1v) is 7.71.